The van der Waals surface area contributed by atoms with Crippen LogP contribution in [-0.2, 0) is 0 Å². The summed E-state index contributed by atoms with van der Waals surface area (Å²) in [5, 5.41) is 0. The number of primary amides is 1. The van der Waals surface area contributed by atoms with Crippen LogP contribution in [0.15, 0.2) is 36.5 Å². The SMILES string of the molecule is NC(=O)c1ccc(N2CCC(c3c(F)cccc3F)C2)nc1. The highest BCUT2D eigenvalue weighted by Crippen LogP contribution is 2.32. The molecule has 0 aliphatic carbocycles. The van der Waals surface area contributed by atoms with Gasteiger partial charge in [-0.15, -0.1) is 0 Å². The fourth-order valence-electron chi connectivity index (χ4n) is 2.82. The quantitative estimate of drug-likeness (QED) is 0.947. The van der Waals surface area contributed by atoms with E-state index in [0.29, 0.717) is 30.9 Å². The van der Waals surface area contributed by atoms with Gasteiger partial charge in [0.25, 0.3) is 0 Å². The summed E-state index contributed by atoms with van der Waals surface area (Å²) < 4.78 is 27.7. The summed E-state index contributed by atoms with van der Waals surface area (Å²) in [5.74, 6) is -1.09. The molecule has 1 amide bonds. The molecular weight excluding hydrogens is 288 g/mol. The van der Waals surface area contributed by atoms with E-state index in [4.69, 9.17) is 5.73 Å². The molecule has 3 rings (SSSR count). The van der Waals surface area contributed by atoms with Crippen molar-refractivity contribution in [2.45, 2.75) is 12.3 Å². The molecule has 1 aliphatic rings. The molecule has 1 aliphatic heterocycles. The Balaban J connectivity index is 1.79. The van der Waals surface area contributed by atoms with Crippen molar-refractivity contribution in [3.05, 3.63) is 59.3 Å². The summed E-state index contributed by atoms with van der Waals surface area (Å²) in [4.78, 5) is 17.2. The molecule has 1 saturated heterocycles. The van der Waals surface area contributed by atoms with Crippen LogP contribution in [0.1, 0.15) is 28.3 Å². The maximum Gasteiger partial charge on any atom is 0.250 e. The van der Waals surface area contributed by atoms with Crippen molar-refractivity contribution in [3.8, 4) is 0 Å². The van der Waals surface area contributed by atoms with Crippen molar-refractivity contribution in [2.24, 2.45) is 5.73 Å². The Labute approximate surface area is 126 Å². The van der Waals surface area contributed by atoms with Crippen LogP contribution in [0.2, 0.25) is 0 Å². The molecule has 1 unspecified atom stereocenters. The number of hydrogen-bond acceptors (Lipinski definition) is 3. The predicted molar refractivity (Wildman–Crippen MR) is 78.7 cm³/mol. The van der Waals surface area contributed by atoms with Gasteiger partial charge in [-0.2, -0.15) is 0 Å². The van der Waals surface area contributed by atoms with E-state index in [1.807, 2.05) is 4.90 Å². The van der Waals surface area contributed by atoms with Crippen LogP contribution < -0.4 is 10.6 Å². The van der Waals surface area contributed by atoms with Gasteiger partial charge >= 0.3 is 0 Å². The number of carbonyl (C=O) groups excluding carboxylic acids is 1. The lowest BCUT2D eigenvalue weighted by atomic mass is 9.97. The van der Waals surface area contributed by atoms with Crippen molar-refractivity contribution < 1.29 is 13.6 Å². The van der Waals surface area contributed by atoms with Crippen molar-refractivity contribution in [1.82, 2.24) is 4.98 Å². The summed E-state index contributed by atoms with van der Waals surface area (Å²) in [6, 6.07) is 7.22. The first-order chi connectivity index (χ1) is 10.6. The van der Waals surface area contributed by atoms with Crippen LogP contribution in [0.3, 0.4) is 0 Å². The van der Waals surface area contributed by atoms with Gasteiger partial charge in [0.15, 0.2) is 0 Å². The number of benzene rings is 1. The third kappa shape index (κ3) is 2.64. The predicted octanol–water partition coefficient (Wildman–Crippen LogP) is 2.45. The molecule has 1 fully saturated rings. The summed E-state index contributed by atoms with van der Waals surface area (Å²) in [7, 11) is 0. The van der Waals surface area contributed by atoms with Crippen molar-refractivity contribution >= 4 is 11.7 Å². The molecule has 22 heavy (non-hydrogen) atoms. The number of nitrogens with two attached hydrogens (primary N) is 1. The Morgan fingerprint density at radius 2 is 1.95 bits per heavy atom. The first-order valence-electron chi connectivity index (χ1n) is 7.01. The molecule has 1 atom stereocenters. The van der Waals surface area contributed by atoms with Gasteiger partial charge in [-0.25, -0.2) is 13.8 Å². The molecule has 4 nitrogen and oxygen atoms in total. The van der Waals surface area contributed by atoms with Gasteiger partial charge in [0.05, 0.1) is 5.56 Å². The number of anilines is 1. The minimum absolute atomic E-state index is 0.138. The summed E-state index contributed by atoms with van der Waals surface area (Å²) in [6.07, 6.45) is 2.06. The van der Waals surface area contributed by atoms with Crippen molar-refractivity contribution in [3.63, 3.8) is 0 Å². The number of hydrogen-bond donors (Lipinski definition) is 1. The van der Waals surface area contributed by atoms with Gasteiger partial charge in [0, 0.05) is 30.8 Å². The Hall–Kier alpha value is -2.50. The van der Waals surface area contributed by atoms with Crippen LogP contribution in [-0.4, -0.2) is 24.0 Å². The van der Waals surface area contributed by atoms with E-state index in [2.05, 4.69) is 4.98 Å². The molecule has 0 radical (unpaired) electrons. The third-order valence-electron chi connectivity index (χ3n) is 3.95. The molecule has 0 saturated carbocycles. The lowest BCUT2D eigenvalue weighted by molar-refractivity contribution is 0.1000. The van der Waals surface area contributed by atoms with Crippen LogP contribution >= 0.6 is 0 Å². The second kappa shape index (κ2) is 5.71. The van der Waals surface area contributed by atoms with Gasteiger partial charge in [0.1, 0.15) is 17.5 Å². The molecule has 2 aromatic rings. The van der Waals surface area contributed by atoms with E-state index in [0.717, 1.165) is 0 Å². The number of halogens is 2. The van der Waals surface area contributed by atoms with Crippen LogP contribution in [0.25, 0.3) is 0 Å². The first kappa shape index (κ1) is 14.4. The molecular formula is C16H15F2N3O. The van der Waals surface area contributed by atoms with Crippen molar-refractivity contribution in [2.75, 3.05) is 18.0 Å². The van der Waals surface area contributed by atoms with E-state index >= 15 is 0 Å². The Morgan fingerprint density at radius 1 is 1.23 bits per heavy atom. The molecule has 114 valence electrons. The van der Waals surface area contributed by atoms with Gasteiger partial charge in [-0.05, 0) is 30.7 Å². The van der Waals surface area contributed by atoms with Gasteiger partial charge < -0.3 is 10.6 Å². The normalized spacial score (nSPS) is 17.7. The fourth-order valence-corrected chi connectivity index (χ4v) is 2.82. The van der Waals surface area contributed by atoms with Crippen LogP contribution in [0.5, 0.6) is 0 Å². The van der Waals surface area contributed by atoms with Crippen molar-refractivity contribution in [1.29, 1.82) is 0 Å². The van der Waals surface area contributed by atoms with E-state index in [1.54, 1.807) is 12.1 Å². The number of carbonyl (C=O) groups is 1. The molecule has 2 heterocycles. The summed E-state index contributed by atoms with van der Waals surface area (Å²) in [5.41, 5.74) is 5.64. The van der Waals surface area contributed by atoms with Gasteiger partial charge in [0.2, 0.25) is 5.91 Å². The number of pyridine rings is 1. The smallest absolute Gasteiger partial charge is 0.250 e. The second-order valence-electron chi connectivity index (χ2n) is 5.34. The Morgan fingerprint density at radius 3 is 2.55 bits per heavy atom. The monoisotopic (exact) mass is 303 g/mol. The molecule has 1 aromatic heterocycles. The average Bonchev–Trinajstić information content (AvgIpc) is 2.97. The zero-order chi connectivity index (χ0) is 15.7. The molecule has 6 heteroatoms. The number of rotatable bonds is 3. The Bertz CT molecular complexity index is 683. The standard InChI is InChI=1S/C16H15F2N3O/c17-12-2-1-3-13(18)15(12)11-6-7-21(9-11)14-5-4-10(8-20-14)16(19)22/h1-5,8,11H,6-7,9H2,(H2,19,22). The minimum atomic E-state index is -0.535. The van der Waals surface area contributed by atoms with Crippen LogP contribution in [0.4, 0.5) is 14.6 Å². The fraction of sp³-hybridized carbons (Fsp3) is 0.250. The first-order valence-corrected chi connectivity index (χ1v) is 7.01. The Kier molecular flexibility index (Phi) is 3.75. The summed E-state index contributed by atoms with van der Waals surface area (Å²) in [6.45, 7) is 1.14. The number of nitrogens with zero attached hydrogens (tertiary/aromatic N) is 2. The largest absolute Gasteiger partial charge is 0.366 e. The maximum atomic E-state index is 13.8. The lowest BCUT2D eigenvalue weighted by Crippen LogP contribution is -2.21. The highest BCUT2D eigenvalue weighted by atomic mass is 19.1. The minimum Gasteiger partial charge on any atom is -0.366 e. The van der Waals surface area contributed by atoms with E-state index in [-0.39, 0.29) is 11.5 Å². The van der Waals surface area contributed by atoms with E-state index in [9.17, 15) is 13.6 Å². The number of amides is 1. The van der Waals surface area contributed by atoms with Gasteiger partial charge in [-0.3, -0.25) is 4.79 Å². The average molecular weight is 303 g/mol. The molecule has 0 spiro atoms. The summed E-state index contributed by atoms with van der Waals surface area (Å²) >= 11 is 0. The van der Waals surface area contributed by atoms with Gasteiger partial charge in [-0.1, -0.05) is 6.07 Å². The zero-order valence-corrected chi connectivity index (χ0v) is 11.8. The van der Waals surface area contributed by atoms with E-state index < -0.39 is 17.5 Å². The van der Waals surface area contributed by atoms with Crippen LogP contribution in [0, 0.1) is 11.6 Å². The second-order valence-corrected chi connectivity index (χ2v) is 5.34. The highest BCUT2D eigenvalue weighted by Gasteiger charge is 2.29. The molecule has 0 bridgehead atoms. The third-order valence-corrected chi connectivity index (χ3v) is 3.95. The molecule has 2 N–H and O–H groups in total. The highest BCUT2D eigenvalue weighted by molar-refractivity contribution is 5.92. The van der Waals surface area contributed by atoms with E-state index in [1.165, 1.54) is 24.4 Å². The topological polar surface area (TPSA) is 59.2 Å². The maximum absolute atomic E-state index is 13.8. The lowest BCUT2D eigenvalue weighted by Gasteiger charge is -2.18. The zero-order valence-electron chi connectivity index (χ0n) is 11.8. The molecule has 1 aromatic carbocycles. The number of aromatic nitrogens is 1.